The third-order valence-electron chi connectivity index (χ3n) is 2.86. The quantitative estimate of drug-likeness (QED) is 0.846. The van der Waals surface area contributed by atoms with Gasteiger partial charge in [-0.1, -0.05) is 6.07 Å². The van der Waals surface area contributed by atoms with Crippen LogP contribution >= 0.6 is 11.8 Å². The van der Waals surface area contributed by atoms with E-state index in [9.17, 15) is 14.4 Å². The van der Waals surface area contributed by atoms with Crippen LogP contribution in [0.3, 0.4) is 0 Å². The first-order valence-electron chi connectivity index (χ1n) is 5.91. The molecule has 1 aromatic carbocycles. The van der Waals surface area contributed by atoms with Gasteiger partial charge in [0.15, 0.2) is 11.5 Å². The van der Waals surface area contributed by atoms with Gasteiger partial charge in [-0.25, -0.2) is 0 Å². The Hall–Kier alpha value is -2.48. The maximum Gasteiger partial charge on any atom is 0.323 e. The molecule has 0 radical (unpaired) electrons. The van der Waals surface area contributed by atoms with Gasteiger partial charge in [0.1, 0.15) is 6.54 Å². The average molecular weight is 307 g/mol. The van der Waals surface area contributed by atoms with Gasteiger partial charge in [-0.05, 0) is 35.5 Å². The molecule has 108 valence electrons. The van der Waals surface area contributed by atoms with Crippen molar-refractivity contribution in [3.05, 3.63) is 28.7 Å². The van der Waals surface area contributed by atoms with Crippen LogP contribution in [0.2, 0.25) is 0 Å². The number of carboxylic acids is 1. The predicted molar refractivity (Wildman–Crippen MR) is 72.9 cm³/mol. The van der Waals surface area contributed by atoms with Crippen LogP contribution in [0.5, 0.6) is 11.5 Å². The number of benzene rings is 1. The van der Waals surface area contributed by atoms with Gasteiger partial charge in [0.2, 0.25) is 6.79 Å². The highest BCUT2D eigenvalue weighted by Crippen LogP contribution is 2.36. The fraction of sp³-hybridized carbons (Fsp3) is 0.154. The number of carboxylic acid groups (broad SMARTS) is 1. The normalized spacial score (nSPS) is 18.7. The number of nitrogens with zero attached hydrogens (tertiary/aromatic N) is 1. The van der Waals surface area contributed by atoms with E-state index in [4.69, 9.17) is 14.6 Å². The molecule has 0 spiro atoms. The maximum absolute atomic E-state index is 12.0. The second-order valence-corrected chi connectivity index (χ2v) is 5.27. The molecule has 8 heteroatoms. The van der Waals surface area contributed by atoms with Crippen molar-refractivity contribution < 1.29 is 29.0 Å². The van der Waals surface area contributed by atoms with E-state index in [0.717, 1.165) is 0 Å². The van der Waals surface area contributed by atoms with Crippen LogP contribution in [0.15, 0.2) is 23.1 Å². The summed E-state index contributed by atoms with van der Waals surface area (Å²) in [6.45, 7) is -0.489. The van der Waals surface area contributed by atoms with Gasteiger partial charge in [0, 0.05) is 0 Å². The lowest BCUT2D eigenvalue weighted by Crippen LogP contribution is -2.33. The molecule has 2 aliphatic heterocycles. The molecule has 0 aliphatic carbocycles. The van der Waals surface area contributed by atoms with Crippen molar-refractivity contribution in [3.63, 3.8) is 0 Å². The van der Waals surface area contributed by atoms with Gasteiger partial charge >= 0.3 is 5.97 Å². The fourth-order valence-corrected chi connectivity index (χ4v) is 2.76. The Morgan fingerprint density at radius 3 is 2.86 bits per heavy atom. The Balaban J connectivity index is 1.85. The summed E-state index contributed by atoms with van der Waals surface area (Å²) in [5.41, 5.74) is 0.667. The number of amides is 2. The second-order valence-electron chi connectivity index (χ2n) is 4.27. The summed E-state index contributed by atoms with van der Waals surface area (Å²) in [4.78, 5) is 35.1. The topological polar surface area (TPSA) is 93.1 Å². The molecule has 0 bridgehead atoms. The van der Waals surface area contributed by atoms with Crippen LogP contribution in [0.25, 0.3) is 6.08 Å². The lowest BCUT2D eigenvalue weighted by molar-refractivity contribution is -0.140. The lowest BCUT2D eigenvalue weighted by Gasteiger charge is -2.07. The van der Waals surface area contributed by atoms with E-state index in [-0.39, 0.29) is 11.7 Å². The summed E-state index contributed by atoms with van der Waals surface area (Å²) in [6.07, 6.45) is 1.52. The van der Waals surface area contributed by atoms with Gasteiger partial charge in [0.05, 0.1) is 4.91 Å². The van der Waals surface area contributed by atoms with Crippen molar-refractivity contribution in [1.82, 2.24) is 4.90 Å². The van der Waals surface area contributed by atoms with Crippen molar-refractivity contribution in [2.45, 2.75) is 0 Å². The molecule has 2 heterocycles. The fourth-order valence-electron chi connectivity index (χ4n) is 1.93. The number of imide groups is 1. The van der Waals surface area contributed by atoms with Crippen molar-refractivity contribution in [1.29, 1.82) is 0 Å². The third kappa shape index (κ3) is 2.57. The molecule has 3 rings (SSSR count). The Bertz CT molecular complexity index is 683. The van der Waals surface area contributed by atoms with E-state index in [2.05, 4.69) is 0 Å². The van der Waals surface area contributed by atoms with Gasteiger partial charge in [-0.2, -0.15) is 0 Å². The van der Waals surface area contributed by atoms with Gasteiger partial charge in [-0.15, -0.1) is 0 Å². The van der Waals surface area contributed by atoms with E-state index >= 15 is 0 Å². The number of carbonyl (C=O) groups is 3. The Labute approximate surface area is 123 Å². The molecule has 21 heavy (non-hydrogen) atoms. The number of thioether (sulfide) groups is 1. The number of hydrogen-bond acceptors (Lipinski definition) is 6. The van der Waals surface area contributed by atoms with E-state index in [1.165, 1.54) is 6.08 Å². The smallest absolute Gasteiger partial charge is 0.323 e. The standard InChI is InChI=1S/C13H9NO6S/c15-11(16)5-14-12(17)10(21-13(14)18)4-7-1-2-8-9(3-7)20-6-19-8/h1-4H,5-6H2,(H,15,16)/b10-4+. The zero-order chi connectivity index (χ0) is 15.0. The zero-order valence-corrected chi connectivity index (χ0v) is 11.4. The summed E-state index contributed by atoms with van der Waals surface area (Å²) >= 11 is 0.715. The zero-order valence-electron chi connectivity index (χ0n) is 10.6. The molecule has 2 amide bonds. The highest BCUT2D eigenvalue weighted by atomic mass is 32.2. The molecule has 0 unspecified atom stereocenters. The van der Waals surface area contributed by atoms with E-state index in [0.29, 0.717) is 33.7 Å². The molecule has 1 saturated heterocycles. The van der Waals surface area contributed by atoms with Crippen molar-refractivity contribution in [2.24, 2.45) is 0 Å². The number of rotatable bonds is 3. The highest BCUT2D eigenvalue weighted by Gasteiger charge is 2.36. The minimum Gasteiger partial charge on any atom is -0.480 e. The first-order chi connectivity index (χ1) is 10.0. The van der Waals surface area contributed by atoms with E-state index in [1.54, 1.807) is 18.2 Å². The second kappa shape index (κ2) is 5.13. The molecule has 2 aliphatic rings. The molecule has 1 fully saturated rings. The Kier molecular flexibility index (Phi) is 3.30. The number of hydrogen-bond donors (Lipinski definition) is 1. The summed E-state index contributed by atoms with van der Waals surface area (Å²) in [5, 5.41) is 8.10. The van der Waals surface area contributed by atoms with Gasteiger partial charge < -0.3 is 14.6 Å². The SMILES string of the molecule is O=C(O)CN1C(=O)S/C(=C/c2ccc3c(c2)OCO3)C1=O. The maximum atomic E-state index is 12.0. The largest absolute Gasteiger partial charge is 0.480 e. The third-order valence-corrected chi connectivity index (χ3v) is 3.77. The van der Waals surface area contributed by atoms with Gasteiger partial charge in [-0.3, -0.25) is 19.3 Å². The van der Waals surface area contributed by atoms with Crippen LogP contribution in [0, 0.1) is 0 Å². The molecule has 1 N–H and O–H groups in total. The van der Waals surface area contributed by atoms with Crippen LogP contribution < -0.4 is 9.47 Å². The molecular formula is C13H9NO6S. The number of aliphatic carboxylic acids is 1. The molecule has 1 aromatic rings. The Morgan fingerprint density at radius 1 is 1.33 bits per heavy atom. The number of fused-ring (bicyclic) bond motifs is 1. The summed E-state index contributed by atoms with van der Waals surface area (Å²) in [5.74, 6) is -0.661. The van der Waals surface area contributed by atoms with Crippen LogP contribution in [-0.4, -0.2) is 40.5 Å². The van der Waals surface area contributed by atoms with Crippen LogP contribution in [-0.2, 0) is 9.59 Å². The molecular weight excluding hydrogens is 298 g/mol. The molecule has 0 aromatic heterocycles. The first-order valence-corrected chi connectivity index (χ1v) is 6.73. The highest BCUT2D eigenvalue weighted by molar-refractivity contribution is 8.18. The van der Waals surface area contributed by atoms with Crippen LogP contribution in [0.1, 0.15) is 5.56 Å². The minimum absolute atomic E-state index is 0.147. The van der Waals surface area contributed by atoms with E-state index < -0.39 is 23.7 Å². The Morgan fingerprint density at radius 2 is 2.10 bits per heavy atom. The summed E-state index contributed by atoms with van der Waals surface area (Å²) in [7, 11) is 0. The number of ether oxygens (including phenoxy) is 2. The first kappa shape index (κ1) is 13.5. The van der Waals surface area contributed by atoms with E-state index in [1.807, 2.05) is 0 Å². The van der Waals surface area contributed by atoms with Crippen molar-refractivity contribution in [3.8, 4) is 11.5 Å². The van der Waals surface area contributed by atoms with Crippen molar-refractivity contribution >= 4 is 35.0 Å². The predicted octanol–water partition coefficient (Wildman–Crippen LogP) is 1.54. The molecule has 0 atom stereocenters. The lowest BCUT2D eigenvalue weighted by atomic mass is 10.2. The average Bonchev–Trinajstić information content (AvgIpc) is 2.98. The summed E-state index contributed by atoms with van der Waals surface area (Å²) in [6, 6.07) is 5.11. The minimum atomic E-state index is -1.23. The van der Waals surface area contributed by atoms with Gasteiger partial charge in [0.25, 0.3) is 11.1 Å². The molecule has 7 nitrogen and oxygen atoms in total. The number of carbonyl (C=O) groups excluding carboxylic acids is 2. The van der Waals surface area contributed by atoms with Crippen molar-refractivity contribution in [2.75, 3.05) is 13.3 Å². The molecule has 0 saturated carbocycles. The summed E-state index contributed by atoms with van der Waals surface area (Å²) < 4.78 is 10.4. The van der Waals surface area contributed by atoms with Crippen LogP contribution in [0.4, 0.5) is 4.79 Å². The monoisotopic (exact) mass is 307 g/mol.